The van der Waals surface area contributed by atoms with Crippen LogP contribution in [0.1, 0.15) is 16.9 Å². The average molecular weight is 382 g/mol. The molecule has 4 rings (SSSR count). The lowest BCUT2D eigenvalue weighted by Gasteiger charge is -2.30. The Labute approximate surface area is 168 Å². The summed E-state index contributed by atoms with van der Waals surface area (Å²) in [6, 6.07) is 36.5. The van der Waals surface area contributed by atoms with Gasteiger partial charge in [0.2, 0.25) is 0 Å². The van der Waals surface area contributed by atoms with Crippen LogP contribution in [0.4, 0.5) is 0 Å². The van der Waals surface area contributed by atoms with Crippen molar-refractivity contribution in [2.24, 2.45) is 0 Å². The highest BCUT2D eigenvalue weighted by Crippen LogP contribution is 2.47. The molecule has 2 nitrogen and oxygen atoms in total. The molecule has 0 aliphatic heterocycles. The number of nitrogens with one attached hydrogen (secondary N) is 1. The first kappa shape index (κ1) is 18.6. The first-order valence-corrected chi connectivity index (χ1v) is 10.9. The smallest absolute Gasteiger partial charge is 0.0609 e. The van der Waals surface area contributed by atoms with E-state index >= 15 is 0 Å². The highest BCUT2D eigenvalue weighted by atomic mass is 31.1. The summed E-state index contributed by atoms with van der Waals surface area (Å²) in [4.78, 5) is 4.23. The van der Waals surface area contributed by atoms with Crippen LogP contribution in [0.25, 0.3) is 0 Å². The van der Waals surface area contributed by atoms with Crippen molar-refractivity contribution in [3.8, 4) is 0 Å². The van der Waals surface area contributed by atoms with E-state index in [2.05, 4.69) is 113 Å². The molecule has 0 amide bonds. The van der Waals surface area contributed by atoms with Gasteiger partial charge in [0.1, 0.15) is 0 Å². The fraction of sp³-hybridized carbons (Fsp3) is 0.0800. The Bertz CT molecular complexity index is 921. The molecule has 1 aromatic heterocycles. The van der Waals surface area contributed by atoms with Gasteiger partial charge in [0.05, 0.1) is 5.78 Å². The molecule has 1 N–H and O–H groups in total. The largest absolute Gasteiger partial charge is 0.302 e. The molecule has 28 heavy (non-hydrogen) atoms. The number of aromatic nitrogens is 1. The van der Waals surface area contributed by atoms with Crippen LogP contribution in [0, 0.1) is 0 Å². The number of benzene rings is 3. The van der Waals surface area contributed by atoms with Crippen LogP contribution in [0.2, 0.25) is 0 Å². The molecular formula is C25H23N2P. The van der Waals surface area contributed by atoms with Gasteiger partial charge in [0, 0.05) is 18.9 Å². The van der Waals surface area contributed by atoms with Gasteiger partial charge in [-0.15, -0.1) is 0 Å². The highest BCUT2D eigenvalue weighted by molar-refractivity contribution is 7.73. The van der Waals surface area contributed by atoms with Crippen molar-refractivity contribution in [3.63, 3.8) is 0 Å². The Morgan fingerprint density at radius 1 is 0.643 bits per heavy atom. The van der Waals surface area contributed by atoms with Gasteiger partial charge in [-0.1, -0.05) is 91.0 Å². The summed E-state index contributed by atoms with van der Waals surface area (Å²) in [6.45, 7) is 0.826. The Kier molecular flexibility index (Phi) is 6.24. The second kappa shape index (κ2) is 9.41. The van der Waals surface area contributed by atoms with Gasteiger partial charge in [-0.25, -0.2) is 0 Å². The predicted octanol–water partition coefficient (Wildman–Crippen LogP) is 5.00. The lowest BCUT2D eigenvalue weighted by molar-refractivity contribution is 0.672. The van der Waals surface area contributed by atoms with E-state index in [0.717, 1.165) is 6.54 Å². The van der Waals surface area contributed by atoms with Crippen molar-refractivity contribution >= 4 is 18.5 Å². The van der Waals surface area contributed by atoms with Gasteiger partial charge in [0.15, 0.2) is 0 Å². The van der Waals surface area contributed by atoms with Gasteiger partial charge in [-0.05, 0) is 41.8 Å². The quantitative estimate of drug-likeness (QED) is 0.455. The van der Waals surface area contributed by atoms with Crippen molar-refractivity contribution in [2.45, 2.75) is 12.3 Å². The molecule has 1 atom stereocenters. The topological polar surface area (TPSA) is 24.9 Å². The lowest BCUT2D eigenvalue weighted by Crippen LogP contribution is -2.27. The van der Waals surface area contributed by atoms with Crippen LogP contribution in [0.15, 0.2) is 116 Å². The SMILES string of the molecule is c1ccc(CNC(c2ccncc2)P(c2ccccc2)c2ccccc2)cc1. The number of nitrogens with zero attached hydrogens (tertiary/aromatic N) is 1. The van der Waals surface area contributed by atoms with Gasteiger partial charge in [-0.2, -0.15) is 0 Å². The molecule has 3 heteroatoms. The monoisotopic (exact) mass is 382 g/mol. The first-order valence-electron chi connectivity index (χ1n) is 9.48. The molecule has 0 bridgehead atoms. The van der Waals surface area contributed by atoms with Crippen LogP contribution < -0.4 is 15.9 Å². The predicted molar refractivity (Wildman–Crippen MR) is 119 cm³/mol. The fourth-order valence-electron chi connectivity index (χ4n) is 3.34. The zero-order valence-electron chi connectivity index (χ0n) is 15.6. The summed E-state index contributed by atoms with van der Waals surface area (Å²) in [6.07, 6.45) is 3.77. The van der Waals surface area contributed by atoms with E-state index in [1.807, 2.05) is 12.4 Å². The van der Waals surface area contributed by atoms with Crippen molar-refractivity contribution < 1.29 is 0 Å². The normalized spacial score (nSPS) is 12.0. The lowest BCUT2D eigenvalue weighted by atomic mass is 10.2. The molecule has 0 saturated carbocycles. The van der Waals surface area contributed by atoms with E-state index in [9.17, 15) is 0 Å². The average Bonchev–Trinajstić information content (AvgIpc) is 2.79. The van der Waals surface area contributed by atoms with Gasteiger partial charge < -0.3 is 5.32 Å². The second-order valence-corrected chi connectivity index (χ2v) is 8.88. The third-order valence-corrected chi connectivity index (χ3v) is 7.40. The Hall–Kier alpha value is -2.80. The summed E-state index contributed by atoms with van der Waals surface area (Å²) in [5, 5.41) is 6.58. The summed E-state index contributed by atoms with van der Waals surface area (Å²) >= 11 is 0. The molecule has 1 heterocycles. The molecule has 1 unspecified atom stereocenters. The second-order valence-electron chi connectivity index (χ2n) is 6.59. The molecule has 4 aromatic rings. The van der Waals surface area contributed by atoms with Gasteiger partial charge in [-0.3, -0.25) is 4.98 Å². The van der Waals surface area contributed by atoms with E-state index in [1.54, 1.807) is 0 Å². The standard InChI is InChI=1S/C25H23N2P/c1-4-10-21(11-5-1)20-27-25(22-16-18-26-19-17-22)28(23-12-6-2-7-13-23)24-14-8-3-9-15-24/h1-19,25,27H,20H2. The number of pyridine rings is 1. The number of rotatable bonds is 7. The van der Waals surface area contributed by atoms with Crippen molar-refractivity contribution in [3.05, 3.63) is 127 Å². The van der Waals surface area contributed by atoms with E-state index in [1.165, 1.54) is 21.7 Å². The fourth-order valence-corrected chi connectivity index (χ4v) is 5.96. The molecule has 0 aliphatic carbocycles. The summed E-state index contributed by atoms with van der Waals surface area (Å²) in [5.74, 6) is 0.197. The molecule has 0 spiro atoms. The van der Waals surface area contributed by atoms with Crippen LogP contribution >= 0.6 is 7.92 Å². The van der Waals surface area contributed by atoms with Crippen molar-refractivity contribution in [1.29, 1.82) is 0 Å². The first-order chi connectivity index (χ1) is 13.9. The number of hydrogen-bond acceptors (Lipinski definition) is 2. The molecule has 138 valence electrons. The highest BCUT2D eigenvalue weighted by Gasteiger charge is 2.25. The van der Waals surface area contributed by atoms with Crippen LogP contribution in [-0.4, -0.2) is 4.98 Å². The van der Waals surface area contributed by atoms with Crippen molar-refractivity contribution in [1.82, 2.24) is 10.3 Å². The molecule has 0 radical (unpaired) electrons. The number of hydrogen-bond donors (Lipinski definition) is 1. The third kappa shape index (κ3) is 4.54. The Balaban J connectivity index is 1.75. The van der Waals surface area contributed by atoms with Gasteiger partial charge >= 0.3 is 0 Å². The molecule has 0 aliphatic rings. The van der Waals surface area contributed by atoms with E-state index in [4.69, 9.17) is 0 Å². The zero-order chi connectivity index (χ0) is 19.0. The van der Waals surface area contributed by atoms with Crippen molar-refractivity contribution in [2.75, 3.05) is 0 Å². The maximum absolute atomic E-state index is 4.23. The minimum Gasteiger partial charge on any atom is -0.302 e. The zero-order valence-corrected chi connectivity index (χ0v) is 16.5. The Morgan fingerprint density at radius 2 is 1.14 bits per heavy atom. The third-order valence-electron chi connectivity index (χ3n) is 4.69. The minimum absolute atomic E-state index is 0.197. The van der Waals surface area contributed by atoms with E-state index < -0.39 is 7.92 Å². The molecular weight excluding hydrogens is 359 g/mol. The van der Waals surface area contributed by atoms with E-state index in [-0.39, 0.29) is 5.78 Å². The summed E-state index contributed by atoms with van der Waals surface area (Å²) < 4.78 is 0. The molecule has 0 fully saturated rings. The van der Waals surface area contributed by atoms with Crippen LogP contribution in [-0.2, 0) is 6.54 Å². The Morgan fingerprint density at radius 3 is 1.68 bits per heavy atom. The molecule has 0 saturated heterocycles. The summed E-state index contributed by atoms with van der Waals surface area (Å²) in [5.41, 5.74) is 2.56. The molecule has 3 aromatic carbocycles. The minimum atomic E-state index is -0.626. The van der Waals surface area contributed by atoms with Crippen LogP contribution in [0.3, 0.4) is 0 Å². The summed E-state index contributed by atoms with van der Waals surface area (Å²) in [7, 11) is -0.626. The van der Waals surface area contributed by atoms with E-state index in [0.29, 0.717) is 0 Å². The maximum atomic E-state index is 4.23. The maximum Gasteiger partial charge on any atom is 0.0609 e. The van der Waals surface area contributed by atoms with Crippen LogP contribution in [0.5, 0.6) is 0 Å². The van der Waals surface area contributed by atoms with Gasteiger partial charge in [0.25, 0.3) is 0 Å².